The summed E-state index contributed by atoms with van der Waals surface area (Å²) in [6.07, 6.45) is 0. The predicted molar refractivity (Wildman–Crippen MR) is 75.1 cm³/mol. The van der Waals surface area contributed by atoms with Crippen LogP contribution in [0.3, 0.4) is 0 Å². The molecule has 6 heteroatoms. The Balaban J connectivity index is 2.46. The summed E-state index contributed by atoms with van der Waals surface area (Å²) in [5, 5.41) is 0.585. The maximum atomic E-state index is 13.8. The standard InChI is InChI=1S/C14H8ClFN2O2/c15-8-5-6-11-9(7-8)13(19)18(14(20)17-11)12-4-2-1-3-10(12)16/h1-7H,(H,17,20). The van der Waals surface area contributed by atoms with E-state index in [0.29, 0.717) is 10.5 Å². The molecule has 0 aliphatic rings. The number of aromatic nitrogens is 2. The van der Waals surface area contributed by atoms with Crippen molar-refractivity contribution >= 4 is 22.5 Å². The number of fused-ring (bicyclic) bond motifs is 1. The predicted octanol–water partition coefficient (Wildman–Crippen LogP) is 2.47. The van der Waals surface area contributed by atoms with Gasteiger partial charge in [0.1, 0.15) is 5.82 Å². The number of para-hydroxylation sites is 1. The van der Waals surface area contributed by atoms with Crippen LogP contribution in [0.5, 0.6) is 0 Å². The van der Waals surface area contributed by atoms with Crippen molar-refractivity contribution in [3.8, 4) is 5.69 Å². The van der Waals surface area contributed by atoms with Gasteiger partial charge in [0.05, 0.1) is 16.6 Å². The molecule has 0 radical (unpaired) electrons. The summed E-state index contributed by atoms with van der Waals surface area (Å²) in [7, 11) is 0. The van der Waals surface area contributed by atoms with Crippen LogP contribution in [-0.2, 0) is 0 Å². The molecule has 0 saturated heterocycles. The number of nitrogens with one attached hydrogen (secondary N) is 1. The van der Waals surface area contributed by atoms with Gasteiger partial charge in [-0.2, -0.15) is 0 Å². The minimum atomic E-state index is -0.699. The number of H-pyrrole nitrogens is 1. The van der Waals surface area contributed by atoms with Crippen molar-refractivity contribution < 1.29 is 4.39 Å². The van der Waals surface area contributed by atoms with E-state index in [1.165, 1.54) is 30.3 Å². The fourth-order valence-corrected chi connectivity index (χ4v) is 2.21. The molecule has 0 spiro atoms. The molecule has 1 heterocycles. The van der Waals surface area contributed by atoms with E-state index in [2.05, 4.69) is 4.98 Å². The molecule has 2 aromatic carbocycles. The second-order valence-corrected chi connectivity index (χ2v) is 4.65. The van der Waals surface area contributed by atoms with Gasteiger partial charge in [-0.1, -0.05) is 23.7 Å². The van der Waals surface area contributed by atoms with Crippen molar-refractivity contribution in [1.29, 1.82) is 0 Å². The highest BCUT2D eigenvalue weighted by Crippen LogP contribution is 2.15. The molecule has 3 aromatic rings. The van der Waals surface area contributed by atoms with Gasteiger partial charge in [-0.3, -0.25) is 4.79 Å². The fourth-order valence-electron chi connectivity index (χ4n) is 2.04. The molecule has 0 amide bonds. The van der Waals surface area contributed by atoms with E-state index in [9.17, 15) is 14.0 Å². The van der Waals surface area contributed by atoms with Gasteiger partial charge < -0.3 is 4.98 Å². The Morgan fingerprint density at radius 3 is 2.60 bits per heavy atom. The molecular weight excluding hydrogens is 283 g/mol. The van der Waals surface area contributed by atoms with Crippen LogP contribution in [0.15, 0.2) is 52.1 Å². The first-order chi connectivity index (χ1) is 9.58. The van der Waals surface area contributed by atoms with Crippen molar-refractivity contribution in [2.24, 2.45) is 0 Å². The Morgan fingerprint density at radius 2 is 1.85 bits per heavy atom. The second kappa shape index (κ2) is 4.61. The Kier molecular flexibility index (Phi) is 2.91. The van der Waals surface area contributed by atoms with E-state index < -0.39 is 17.1 Å². The zero-order valence-corrected chi connectivity index (χ0v) is 10.8. The molecule has 0 unspecified atom stereocenters. The summed E-state index contributed by atoms with van der Waals surface area (Å²) in [4.78, 5) is 26.9. The summed E-state index contributed by atoms with van der Waals surface area (Å²) >= 11 is 5.85. The zero-order chi connectivity index (χ0) is 14.3. The van der Waals surface area contributed by atoms with E-state index in [0.717, 1.165) is 4.57 Å². The first-order valence-electron chi connectivity index (χ1n) is 5.77. The lowest BCUT2D eigenvalue weighted by Gasteiger charge is -2.07. The number of aromatic amines is 1. The minimum Gasteiger partial charge on any atom is -0.306 e. The average molecular weight is 291 g/mol. The molecule has 4 nitrogen and oxygen atoms in total. The third-order valence-electron chi connectivity index (χ3n) is 2.95. The lowest BCUT2D eigenvalue weighted by Crippen LogP contribution is -2.34. The second-order valence-electron chi connectivity index (χ2n) is 4.21. The topological polar surface area (TPSA) is 54.9 Å². The molecule has 100 valence electrons. The molecular formula is C14H8ClFN2O2. The van der Waals surface area contributed by atoms with E-state index in [1.54, 1.807) is 12.1 Å². The van der Waals surface area contributed by atoms with Gasteiger partial charge in [0.25, 0.3) is 5.56 Å². The molecule has 1 aromatic heterocycles. The van der Waals surface area contributed by atoms with Crippen LogP contribution in [0.2, 0.25) is 5.02 Å². The normalized spacial score (nSPS) is 10.9. The third-order valence-corrected chi connectivity index (χ3v) is 3.19. The maximum absolute atomic E-state index is 13.8. The Bertz CT molecular complexity index is 930. The molecule has 0 saturated carbocycles. The highest BCUT2D eigenvalue weighted by atomic mass is 35.5. The van der Waals surface area contributed by atoms with Crippen molar-refractivity contribution in [2.75, 3.05) is 0 Å². The monoisotopic (exact) mass is 290 g/mol. The minimum absolute atomic E-state index is 0.0966. The molecule has 0 aliphatic heterocycles. The van der Waals surface area contributed by atoms with Crippen LogP contribution >= 0.6 is 11.6 Å². The summed E-state index contributed by atoms with van der Waals surface area (Å²) in [6, 6.07) is 10.1. The smallest absolute Gasteiger partial charge is 0.306 e. The van der Waals surface area contributed by atoms with Crippen LogP contribution in [0.4, 0.5) is 4.39 Å². The van der Waals surface area contributed by atoms with Crippen molar-refractivity contribution in [3.05, 3.63) is 74.1 Å². The van der Waals surface area contributed by atoms with Gasteiger partial charge in [0.2, 0.25) is 0 Å². The van der Waals surface area contributed by atoms with Crippen LogP contribution in [0.1, 0.15) is 0 Å². The molecule has 0 atom stereocenters. The van der Waals surface area contributed by atoms with E-state index >= 15 is 0 Å². The highest BCUT2D eigenvalue weighted by molar-refractivity contribution is 6.31. The lowest BCUT2D eigenvalue weighted by atomic mass is 10.2. The van der Waals surface area contributed by atoms with Gasteiger partial charge >= 0.3 is 5.69 Å². The van der Waals surface area contributed by atoms with Crippen molar-refractivity contribution in [3.63, 3.8) is 0 Å². The van der Waals surface area contributed by atoms with Crippen LogP contribution < -0.4 is 11.2 Å². The summed E-state index contributed by atoms with van der Waals surface area (Å²) < 4.78 is 14.5. The molecule has 1 N–H and O–H groups in total. The first-order valence-corrected chi connectivity index (χ1v) is 6.15. The Labute approximate surface area is 117 Å². The number of halogens is 2. The van der Waals surface area contributed by atoms with Crippen molar-refractivity contribution in [1.82, 2.24) is 9.55 Å². The SMILES string of the molecule is O=c1[nH]c2ccc(Cl)cc2c(=O)n1-c1ccccc1F. The van der Waals surface area contributed by atoms with Crippen LogP contribution in [0, 0.1) is 5.82 Å². The Morgan fingerprint density at radius 1 is 1.10 bits per heavy atom. The number of benzene rings is 2. The van der Waals surface area contributed by atoms with Gasteiger partial charge in [0, 0.05) is 5.02 Å². The zero-order valence-electron chi connectivity index (χ0n) is 10.1. The summed E-state index contributed by atoms with van der Waals surface area (Å²) in [5.74, 6) is -0.651. The number of hydrogen-bond donors (Lipinski definition) is 1. The van der Waals surface area contributed by atoms with E-state index in [-0.39, 0.29) is 11.1 Å². The number of hydrogen-bond acceptors (Lipinski definition) is 2. The highest BCUT2D eigenvalue weighted by Gasteiger charge is 2.12. The number of rotatable bonds is 1. The van der Waals surface area contributed by atoms with Crippen LogP contribution in [0.25, 0.3) is 16.6 Å². The average Bonchev–Trinajstić information content (AvgIpc) is 2.42. The summed E-state index contributed by atoms with van der Waals surface area (Å²) in [5.41, 5.74) is -1.05. The largest absolute Gasteiger partial charge is 0.333 e. The molecule has 0 bridgehead atoms. The third kappa shape index (κ3) is 1.92. The summed E-state index contributed by atoms with van der Waals surface area (Å²) in [6.45, 7) is 0. The van der Waals surface area contributed by atoms with Gasteiger partial charge in [-0.25, -0.2) is 13.8 Å². The van der Waals surface area contributed by atoms with Gasteiger partial charge in [-0.15, -0.1) is 0 Å². The first kappa shape index (κ1) is 12.6. The van der Waals surface area contributed by atoms with Crippen molar-refractivity contribution in [2.45, 2.75) is 0 Å². The maximum Gasteiger partial charge on any atom is 0.333 e. The fraction of sp³-hybridized carbons (Fsp3) is 0. The van der Waals surface area contributed by atoms with E-state index in [4.69, 9.17) is 11.6 Å². The molecule has 0 aliphatic carbocycles. The number of nitrogens with zero attached hydrogens (tertiary/aromatic N) is 1. The molecule has 0 fully saturated rings. The van der Waals surface area contributed by atoms with Gasteiger partial charge in [0.15, 0.2) is 0 Å². The lowest BCUT2D eigenvalue weighted by molar-refractivity contribution is 0.613. The Hall–Kier alpha value is -2.40. The quantitative estimate of drug-likeness (QED) is 0.748. The van der Waals surface area contributed by atoms with Crippen LogP contribution in [-0.4, -0.2) is 9.55 Å². The van der Waals surface area contributed by atoms with E-state index in [1.807, 2.05) is 0 Å². The molecule has 3 rings (SSSR count). The van der Waals surface area contributed by atoms with Gasteiger partial charge in [-0.05, 0) is 30.3 Å². The molecule has 20 heavy (non-hydrogen) atoms.